The molecular weight excluding hydrogens is 218 g/mol. The second kappa shape index (κ2) is 4.12. The van der Waals surface area contributed by atoms with E-state index < -0.39 is 0 Å². The molecule has 2 heterocycles. The highest BCUT2D eigenvalue weighted by Gasteiger charge is 2.17. The highest BCUT2D eigenvalue weighted by molar-refractivity contribution is 5.55. The molecule has 0 aromatic carbocycles. The van der Waals surface area contributed by atoms with Gasteiger partial charge in [0.2, 0.25) is 5.88 Å². The van der Waals surface area contributed by atoms with E-state index in [9.17, 15) is 0 Å². The molecule has 2 N–H and O–H groups in total. The molecule has 0 spiro atoms. The number of rotatable bonds is 3. The minimum Gasteiger partial charge on any atom is -0.434 e. The van der Waals surface area contributed by atoms with Crippen molar-refractivity contribution < 1.29 is 4.74 Å². The van der Waals surface area contributed by atoms with Gasteiger partial charge in [-0.3, -0.25) is 4.68 Å². The zero-order valence-electron chi connectivity index (χ0n) is 10.5. The van der Waals surface area contributed by atoms with Gasteiger partial charge in [0.1, 0.15) is 5.69 Å². The molecule has 0 atom stereocenters. The minimum absolute atomic E-state index is 0.271. The number of hydrogen-bond donors (Lipinski definition) is 1. The molecule has 0 bridgehead atoms. The highest BCUT2D eigenvalue weighted by Crippen LogP contribution is 2.32. The third-order valence-electron chi connectivity index (χ3n) is 2.50. The highest BCUT2D eigenvalue weighted by atomic mass is 16.5. The molecule has 0 aliphatic heterocycles. The number of nitrogens with zero attached hydrogens (tertiary/aromatic N) is 4. The summed E-state index contributed by atoms with van der Waals surface area (Å²) in [5.74, 6) is 1.48. The summed E-state index contributed by atoms with van der Waals surface area (Å²) in [6.45, 7) is 4.10. The van der Waals surface area contributed by atoms with E-state index in [-0.39, 0.29) is 5.92 Å². The molecule has 0 radical (unpaired) electrons. The molecule has 0 aliphatic carbocycles. The van der Waals surface area contributed by atoms with Crippen LogP contribution in [0.1, 0.15) is 25.5 Å². The summed E-state index contributed by atoms with van der Waals surface area (Å²) in [5, 5.41) is 8.39. The van der Waals surface area contributed by atoms with Crippen LogP contribution in [0.4, 0.5) is 5.69 Å². The SMILES string of the molecule is CC(C)c1nn(C)c(Oc2cnn(C)c2)c1N. The first-order valence-corrected chi connectivity index (χ1v) is 5.48. The predicted molar refractivity (Wildman–Crippen MR) is 65.0 cm³/mol. The lowest BCUT2D eigenvalue weighted by Gasteiger charge is -2.04. The van der Waals surface area contributed by atoms with Crippen LogP contribution in [0.3, 0.4) is 0 Å². The van der Waals surface area contributed by atoms with Crippen LogP contribution in [0.5, 0.6) is 11.6 Å². The number of aryl methyl sites for hydroxylation is 2. The van der Waals surface area contributed by atoms with E-state index in [4.69, 9.17) is 10.5 Å². The molecule has 0 amide bonds. The quantitative estimate of drug-likeness (QED) is 0.878. The Bertz CT molecular complexity index is 526. The Kier molecular flexibility index (Phi) is 2.79. The van der Waals surface area contributed by atoms with Crippen LogP contribution in [0, 0.1) is 0 Å². The van der Waals surface area contributed by atoms with Gasteiger partial charge in [0.25, 0.3) is 0 Å². The molecule has 2 aromatic heterocycles. The molecule has 17 heavy (non-hydrogen) atoms. The molecule has 0 fully saturated rings. The van der Waals surface area contributed by atoms with Gasteiger partial charge in [-0.25, -0.2) is 4.68 Å². The van der Waals surface area contributed by atoms with Crippen molar-refractivity contribution in [2.75, 3.05) is 5.73 Å². The van der Waals surface area contributed by atoms with Gasteiger partial charge in [0.15, 0.2) is 5.75 Å². The topological polar surface area (TPSA) is 70.9 Å². The number of hydrogen-bond acceptors (Lipinski definition) is 4. The number of anilines is 1. The smallest absolute Gasteiger partial charge is 0.241 e. The van der Waals surface area contributed by atoms with Gasteiger partial charge in [-0.15, -0.1) is 0 Å². The van der Waals surface area contributed by atoms with Crippen molar-refractivity contribution in [1.29, 1.82) is 0 Å². The van der Waals surface area contributed by atoms with Crippen molar-refractivity contribution in [1.82, 2.24) is 19.6 Å². The number of nitrogen functional groups attached to an aromatic ring is 1. The Hall–Kier alpha value is -1.98. The first-order chi connectivity index (χ1) is 7.99. The van der Waals surface area contributed by atoms with Crippen molar-refractivity contribution in [3.05, 3.63) is 18.1 Å². The van der Waals surface area contributed by atoms with Crippen LogP contribution < -0.4 is 10.5 Å². The fraction of sp³-hybridized carbons (Fsp3) is 0.455. The molecule has 0 aliphatic rings. The number of aromatic nitrogens is 4. The van der Waals surface area contributed by atoms with Gasteiger partial charge in [0, 0.05) is 14.1 Å². The third kappa shape index (κ3) is 2.11. The normalized spacial score (nSPS) is 11.1. The van der Waals surface area contributed by atoms with Crippen LogP contribution in [-0.4, -0.2) is 19.6 Å². The van der Waals surface area contributed by atoms with E-state index in [0.29, 0.717) is 17.3 Å². The van der Waals surface area contributed by atoms with E-state index in [1.165, 1.54) is 0 Å². The minimum atomic E-state index is 0.271. The average Bonchev–Trinajstić information content (AvgIpc) is 2.77. The van der Waals surface area contributed by atoms with E-state index in [1.54, 1.807) is 21.8 Å². The van der Waals surface area contributed by atoms with Gasteiger partial charge >= 0.3 is 0 Å². The van der Waals surface area contributed by atoms with Gasteiger partial charge in [-0.1, -0.05) is 13.8 Å². The number of nitrogens with two attached hydrogens (primary N) is 1. The Morgan fingerprint density at radius 3 is 2.53 bits per heavy atom. The maximum absolute atomic E-state index is 6.02. The van der Waals surface area contributed by atoms with Crippen LogP contribution in [-0.2, 0) is 14.1 Å². The number of ether oxygens (including phenoxy) is 1. The average molecular weight is 235 g/mol. The van der Waals surface area contributed by atoms with Crippen LogP contribution in [0.15, 0.2) is 12.4 Å². The Morgan fingerprint density at radius 2 is 2.06 bits per heavy atom. The molecule has 2 rings (SSSR count). The van der Waals surface area contributed by atoms with E-state index in [2.05, 4.69) is 10.2 Å². The monoisotopic (exact) mass is 235 g/mol. The Labute approximate surface area is 100.0 Å². The molecule has 92 valence electrons. The zero-order valence-corrected chi connectivity index (χ0v) is 10.5. The summed E-state index contributed by atoms with van der Waals surface area (Å²) in [7, 11) is 3.65. The molecule has 6 nitrogen and oxygen atoms in total. The first-order valence-electron chi connectivity index (χ1n) is 5.48. The third-order valence-corrected chi connectivity index (χ3v) is 2.50. The van der Waals surface area contributed by atoms with Crippen LogP contribution >= 0.6 is 0 Å². The van der Waals surface area contributed by atoms with E-state index in [1.807, 2.05) is 27.9 Å². The van der Waals surface area contributed by atoms with Crippen LogP contribution in [0.2, 0.25) is 0 Å². The van der Waals surface area contributed by atoms with Crippen molar-refractivity contribution in [3.8, 4) is 11.6 Å². The summed E-state index contributed by atoms with van der Waals surface area (Å²) in [4.78, 5) is 0. The first kappa shape index (κ1) is 11.5. The predicted octanol–water partition coefficient (Wildman–Crippen LogP) is 1.65. The molecule has 0 unspecified atom stereocenters. The second-order valence-electron chi connectivity index (χ2n) is 4.33. The summed E-state index contributed by atoms with van der Waals surface area (Å²) in [5.41, 5.74) is 7.47. The summed E-state index contributed by atoms with van der Waals surface area (Å²) in [6.07, 6.45) is 3.42. The Morgan fingerprint density at radius 1 is 1.35 bits per heavy atom. The lowest BCUT2D eigenvalue weighted by Crippen LogP contribution is -1.96. The van der Waals surface area contributed by atoms with Crippen molar-refractivity contribution in [2.24, 2.45) is 14.1 Å². The van der Waals surface area contributed by atoms with Gasteiger partial charge in [-0.05, 0) is 5.92 Å². The second-order valence-corrected chi connectivity index (χ2v) is 4.33. The largest absolute Gasteiger partial charge is 0.434 e. The molecule has 6 heteroatoms. The molecular formula is C11H17N5O. The van der Waals surface area contributed by atoms with Crippen molar-refractivity contribution in [2.45, 2.75) is 19.8 Å². The maximum Gasteiger partial charge on any atom is 0.241 e. The van der Waals surface area contributed by atoms with Gasteiger partial charge in [0.05, 0.1) is 18.1 Å². The van der Waals surface area contributed by atoms with Gasteiger partial charge in [-0.2, -0.15) is 10.2 Å². The van der Waals surface area contributed by atoms with Crippen LogP contribution in [0.25, 0.3) is 0 Å². The van der Waals surface area contributed by atoms with Crippen molar-refractivity contribution >= 4 is 5.69 Å². The molecule has 2 aromatic rings. The summed E-state index contributed by atoms with van der Waals surface area (Å²) >= 11 is 0. The molecule has 0 saturated heterocycles. The summed E-state index contributed by atoms with van der Waals surface area (Å²) in [6, 6.07) is 0. The fourth-order valence-electron chi connectivity index (χ4n) is 1.66. The van der Waals surface area contributed by atoms with E-state index in [0.717, 1.165) is 5.69 Å². The lowest BCUT2D eigenvalue weighted by atomic mass is 10.1. The summed E-state index contributed by atoms with van der Waals surface area (Å²) < 4.78 is 9.01. The Balaban J connectivity index is 2.33. The maximum atomic E-state index is 6.02. The van der Waals surface area contributed by atoms with Crippen molar-refractivity contribution in [3.63, 3.8) is 0 Å². The van der Waals surface area contributed by atoms with E-state index >= 15 is 0 Å². The van der Waals surface area contributed by atoms with Gasteiger partial charge < -0.3 is 10.5 Å². The zero-order chi connectivity index (χ0) is 12.6. The standard InChI is InChI=1S/C11H17N5O/c1-7(2)10-9(12)11(16(4)14-10)17-8-5-13-15(3)6-8/h5-7H,12H2,1-4H3. The lowest BCUT2D eigenvalue weighted by molar-refractivity contribution is 0.432. The fourth-order valence-corrected chi connectivity index (χ4v) is 1.66. The molecule has 0 saturated carbocycles.